The third-order valence-electron chi connectivity index (χ3n) is 5.58. The highest BCUT2D eigenvalue weighted by molar-refractivity contribution is 6.28. The quantitative estimate of drug-likeness (QED) is 0.163. The predicted octanol–water partition coefficient (Wildman–Crippen LogP) is 0.0464. The molecule has 0 bridgehead atoms. The van der Waals surface area contributed by atoms with Crippen LogP contribution in [0.3, 0.4) is 0 Å². The van der Waals surface area contributed by atoms with Crippen molar-refractivity contribution in [3.8, 4) is 17.2 Å². The van der Waals surface area contributed by atoms with Crippen LogP contribution in [-0.2, 0) is 14.3 Å². The minimum atomic E-state index is -1.68. The van der Waals surface area contributed by atoms with E-state index in [1.165, 1.54) is 31.4 Å². The molecule has 2 aliphatic rings. The molecule has 0 aliphatic carbocycles. The van der Waals surface area contributed by atoms with Gasteiger partial charge in [0.25, 0.3) is 0 Å². The molecule has 2 aromatic carbocycles. The van der Waals surface area contributed by atoms with E-state index in [0.717, 1.165) is 0 Å². The van der Waals surface area contributed by atoms with E-state index < -0.39 is 43.1 Å². The fourth-order valence-corrected chi connectivity index (χ4v) is 3.96. The number of carbonyl (C=O) groups is 1. The fourth-order valence-electron chi connectivity index (χ4n) is 3.96. The van der Waals surface area contributed by atoms with Gasteiger partial charge in [0.15, 0.2) is 0 Å². The van der Waals surface area contributed by atoms with Gasteiger partial charge in [0.05, 0.1) is 19.3 Å². The summed E-state index contributed by atoms with van der Waals surface area (Å²) < 4.78 is 16.4. The standard InChI is InChI=1S/C22H22O10/c1-30-19(9-2-4-10(24)5-3-9)14-11-6-7-12(25)15(20(11)32-22(14)29)21-18(28)17(27)16(26)13(8-23)31-21/h2-7,13,16-18,21,23-28H,8H2,1H3/b19-14+/t13-,16-,17+,18-,21+/m1/s1. The summed E-state index contributed by atoms with van der Waals surface area (Å²) in [5.74, 6) is -1.10. The molecule has 0 radical (unpaired) electrons. The molecular weight excluding hydrogens is 424 g/mol. The number of phenolic OH excluding ortho intramolecular Hbond substituents is 2. The molecule has 32 heavy (non-hydrogen) atoms. The molecule has 4 rings (SSSR count). The van der Waals surface area contributed by atoms with Crippen molar-refractivity contribution in [2.24, 2.45) is 0 Å². The predicted molar refractivity (Wildman–Crippen MR) is 108 cm³/mol. The molecule has 1 saturated heterocycles. The minimum Gasteiger partial charge on any atom is -0.508 e. The minimum absolute atomic E-state index is 0.0263. The van der Waals surface area contributed by atoms with Crippen LogP contribution in [0.2, 0.25) is 0 Å². The van der Waals surface area contributed by atoms with Gasteiger partial charge in [-0.3, -0.25) is 0 Å². The first kappa shape index (κ1) is 22.1. The smallest absolute Gasteiger partial charge is 0.348 e. The summed E-state index contributed by atoms with van der Waals surface area (Å²) in [5, 5.41) is 60.2. The van der Waals surface area contributed by atoms with Crippen molar-refractivity contribution >= 4 is 17.3 Å². The normalized spacial score (nSPS) is 28.8. The molecule has 6 N–H and O–H groups in total. The number of benzene rings is 2. The second kappa shape index (κ2) is 8.41. The maximum absolute atomic E-state index is 12.8. The Morgan fingerprint density at radius 2 is 1.69 bits per heavy atom. The van der Waals surface area contributed by atoms with Crippen LogP contribution in [0.25, 0.3) is 11.3 Å². The highest BCUT2D eigenvalue weighted by atomic mass is 16.6. The summed E-state index contributed by atoms with van der Waals surface area (Å²) in [6, 6.07) is 8.63. The van der Waals surface area contributed by atoms with Crippen LogP contribution >= 0.6 is 0 Å². The van der Waals surface area contributed by atoms with Crippen molar-refractivity contribution in [2.45, 2.75) is 30.5 Å². The van der Waals surface area contributed by atoms with E-state index in [1.54, 1.807) is 12.1 Å². The van der Waals surface area contributed by atoms with Crippen molar-refractivity contribution in [1.29, 1.82) is 0 Å². The second-order valence-electron chi connectivity index (χ2n) is 7.47. The van der Waals surface area contributed by atoms with Crippen LogP contribution in [0, 0.1) is 0 Å². The first-order chi connectivity index (χ1) is 15.3. The molecule has 0 aromatic heterocycles. The molecule has 2 aliphatic heterocycles. The van der Waals surface area contributed by atoms with Crippen LogP contribution in [0.1, 0.15) is 22.8 Å². The number of hydrogen-bond donors (Lipinski definition) is 6. The van der Waals surface area contributed by atoms with E-state index in [2.05, 4.69) is 0 Å². The Morgan fingerprint density at radius 3 is 2.31 bits per heavy atom. The Morgan fingerprint density at radius 1 is 1.00 bits per heavy atom. The molecule has 0 amide bonds. The number of aliphatic hydroxyl groups is 4. The lowest BCUT2D eigenvalue weighted by molar-refractivity contribution is -0.232. The van der Waals surface area contributed by atoms with Crippen molar-refractivity contribution in [1.82, 2.24) is 0 Å². The fraction of sp³-hybridized carbons (Fsp3) is 0.318. The molecule has 0 spiro atoms. The van der Waals surface area contributed by atoms with Crippen LogP contribution in [0.4, 0.5) is 0 Å². The third kappa shape index (κ3) is 3.48. The number of esters is 1. The Hall–Kier alpha value is -3.15. The maximum Gasteiger partial charge on any atom is 0.348 e. The zero-order chi connectivity index (χ0) is 23.2. The number of fused-ring (bicyclic) bond motifs is 1. The summed E-state index contributed by atoms with van der Waals surface area (Å²) >= 11 is 0. The van der Waals surface area contributed by atoms with E-state index in [1.807, 2.05) is 0 Å². The van der Waals surface area contributed by atoms with Gasteiger partial charge in [0.1, 0.15) is 59.1 Å². The molecule has 5 atom stereocenters. The Kier molecular flexibility index (Phi) is 5.80. The number of ether oxygens (including phenoxy) is 3. The number of phenols is 2. The lowest BCUT2D eigenvalue weighted by Crippen LogP contribution is -2.55. The van der Waals surface area contributed by atoms with Gasteiger partial charge < -0.3 is 44.8 Å². The topological polar surface area (TPSA) is 166 Å². The number of carbonyl (C=O) groups excluding carboxylic acids is 1. The van der Waals surface area contributed by atoms with Crippen molar-refractivity contribution in [3.05, 3.63) is 53.1 Å². The van der Waals surface area contributed by atoms with Gasteiger partial charge in [0.2, 0.25) is 0 Å². The van der Waals surface area contributed by atoms with E-state index in [0.29, 0.717) is 5.56 Å². The number of hydrogen-bond acceptors (Lipinski definition) is 10. The van der Waals surface area contributed by atoms with Gasteiger partial charge >= 0.3 is 5.97 Å². The van der Waals surface area contributed by atoms with Crippen molar-refractivity contribution in [2.75, 3.05) is 13.7 Å². The number of aromatic hydroxyl groups is 2. The number of rotatable bonds is 4. The summed E-state index contributed by atoms with van der Waals surface area (Å²) in [7, 11) is 1.36. The molecule has 10 nitrogen and oxygen atoms in total. The van der Waals surface area contributed by atoms with Crippen LogP contribution in [0.15, 0.2) is 36.4 Å². The Labute approximate surface area is 182 Å². The third-order valence-corrected chi connectivity index (χ3v) is 5.58. The second-order valence-corrected chi connectivity index (χ2v) is 7.47. The van der Waals surface area contributed by atoms with Crippen LogP contribution < -0.4 is 4.74 Å². The zero-order valence-corrected chi connectivity index (χ0v) is 16.9. The molecule has 10 heteroatoms. The van der Waals surface area contributed by atoms with Crippen molar-refractivity contribution < 1.29 is 49.6 Å². The van der Waals surface area contributed by atoms with Gasteiger partial charge in [-0.05, 0) is 36.4 Å². The van der Waals surface area contributed by atoms with Crippen molar-refractivity contribution in [3.63, 3.8) is 0 Å². The largest absolute Gasteiger partial charge is 0.508 e. The van der Waals surface area contributed by atoms with E-state index in [-0.39, 0.29) is 39.7 Å². The lowest BCUT2D eigenvalue weighted by atomic mass is 9.89. The Bertz CT molecular complexity index is 1060. The van der Waals surface area contributed by atoms with Crippen LogP contribution in [-0.4, -0.2) is 74.7 Å². The summed E-state index contributed by atoms with van der Waals surface area (Å²) in [4.78, 5) is 12.8. The molecule has 170 valence electrons. The molecular formula is C22H22O10. The highest BCUT2D eigenvalue weighted by Gasteiger charge is 2.47. The molecule has 2 aromatic rings. The molecule has 0 saturated carbocycles. The lowest BCUT2D eigenvalue weighted by Gasteiger charge is -2.40. The number of methoxy groups -OCH3 is 1. The maximum atomic E-state index is 12.8. The monoisotopic (exact) mass is 446 g/mol. The molecule has 1 fully saturated rings. The Balaban J connectivity index is 1.86. The number of aliphatic hydroxyl groups excluding tert-OH is 4. The molecule has 2 heterocycles. The van der Waals surface area contributed by atoms with E-state index >= 15 is 0 Å². The van der Waals surface area contributed by atoms with Crippen LogP contribution in [0.5, 0.6) is 17.2 Å². The first-order valence-corrected chi connectivity index (χ1v) is 9.75. The van der Waals surface area contributed by atoms with Gasteiger partial charge in [-0.1, -0.05) is 0 Å². The average molecular weight is 446 g/mol. The van der Waals surface area contributed by atoms with Gasteiger partial charge in [-0.2, -0.15) is 0 Å². The van der Waals surface area contributed by atoms with Gasteiger partial charge in [0, 0.05) is 11.1 Å². The van der Waals surface area contributed by atoms with E-state index in [9.17, 15) is 35.4 Å². The summed E-state index contributed by atoms with van der Waals surface area (Å²) in [5.41, 5.74) is 0.639. The first-order valence-electron chi connectivity index (χ1n) is 9.75. The highest BCUT2D eigenvalue weighted by Crippen LogP contribution is 2.49. The SMILES string of the molecule is CO/C(=C1/C(=O)Oc2c1ccc(O)c2[C@@H]1O[C@H](CO)[C@@H](O)[C@H](O)[C@H]1O)c1ccc(O)cc1. The summed E-state index contributed by atoms with van der Waals surface area (Å²) in [6.45, 7) is -0.656. The zero-order valence-electron chi connectivity index (χ0n) is 16.9. The van der Waals surface area contributed by atoms with Gasteiger partial charge in [-0.25, -0.2) is 4.79 Å². The average Bonchev–Trinajstić information content (AvgIpc) is 3.10. The summed E-state index contributed by atoms with van der Waals surface area (Å²) in [6.07, 6.45) is -7.58. The molecule has 0 unspecified atom stereocenters. The van der Waals surface area contributed by atoms with E-state index in [4.69, 9.17) is 14.2 Å². The van der Waals surface area contributed by atoms with Gasteiger partial charge in [-0.15, -0.1) is 0 Å².